The van der Waals surface area contributed by atoms with Crippen molar-refractivity contribution in [3.63, 3.8) is 0 Å². The van der Waals surface area contributed by atoms with Gasteiger partial charge in [0.2, 0.25) is 0 Å². The number of hydrogen-bond donors (Lipinski definition) is 2. The van der Waals surface area contributed by atoms with Crippen LogP contribution in [-0.4, -0.2) is 52.8 Å². The first-order valence-corrected chi connectivity index (χ1v) is 10.3. The molecule has 0 unspecified atom stereocenters. The molecular formula is C20H27Cl2N7O. The fourth-order valence-electron chi connectivity index (χ4n) is 2.80. The third-order valence-electron chi connectivity index (χ3n) is 4.30. The highest BCUT2D eigenvalue weighted by molar-refractivity contribution is 6.33. The van der Waals surface area contributed by atoms with Crippen molar-refractivity contribution in [3.8, 4) is 0 Å². The molecule has 0 radical (unpaired) electrons. The van der Waals surface area contributed by atoms with Gasteiger partial charge in [0, 0.05) is 19.3 Å². The molecule has 1 aliphatic rings. The number of hydrogen-bond acceptors (Lipinski definition) is 6. The van der Waals surface area contributed by atoms with E-state index in [0.717, 1.165) is 16.9 Å². The molecule has 0 aliphatic carbocycles. The Bertz CT molecular complexity index is 888. The Morgan fingerprint density at radius 3 is 2.53 bits per heavy atom. The van der Waals surface area contributed by atoms with E-state index >= 15 is 0 Å². The number of hydrazone groups is 1. The van der Waals surface area contributed by atoms with Gasteiger partial charge in [-0.1, -0.05) is 43.6 Å². The average molecular weight is 452 g/mol. The lowest BCUT2D eigenvalue weighted by molar-refractivity contribution is 0.230. The second kappa shape index (κ2) is 10.4. The number of nitrogens with one attached hydrogen (secondary N) is 2. The van der Waals surface area contributed by atoms with E-state index in [2.05, 4.69) is 46.2 Å². The minimum Gasteiger partial charge on any atom is -0.306 e. The molecule has 10 heteroatoms. The van der Waals surface area contributed by atoms with Crippen LogP contribution in [-0.2, 0) is 0 Å². The van der Waals surface area contributed by atoms with E-state index in [0.29, 0.717) is 24.7 Å². The van der Waals surface area contributed by atoms with Crippen molar-refractivity contribution in [2.75, 3.05) is 25.6 Å². The number of amidine groups is 1. The summed E-state index contributed by atoms with van der Waals surface area (Å²) in [6.45, 7) is 13.0. The molecule has 0 fully saturated rings. The number of urea groups is 1. The maximum atomic E-state index is 12.6. The number of allylic oxidation sites excluding steroid dienone is 2. The largest absolute Gasteiger partial charge is 0.338 e. The summed E-state index contributed by atoms with van der Waals surface area (Å²) in [4.78, 5) is 21.1. The Kier molecular flexibility index (Phi) is 8.25. The number of carbonyl (C=O) groups is 1. The van der Waals surface area contributed by atoms with E-state index < -0.39 is 6.03 Å². The smallest absolute Gasteiger partial charge is 0.306 e. The zero-order valence-electron chi connectivity index (χ0n) is 17.8. The number of pyridine rings is 1. The van der Waals surface area contributed by atoms with Crippen molar-refractivity contribution in [1.29, 1.82) is 0 Å². The maximum Gasteiger partial charge on any atom is 0.338 e. The summed E-state index contributed by atoms with van der Waals surface area (Å²) in [5.74, 6) is 0.796. The zero-order valence-corrected chi connectivity index (χ0v) is 19.3. The summed E-state index contributed by atoms with van der Waals surface area (Å²) >= 11 is 11.8. The Hall–Kier alpha value is -2.58. The Morgan fingerprint density at radius 1 is 1.33 bits per heavy atom. The van der Waals surface area contributed by atoms with Crippen molar-refractivity contribution < 1.29 is 4.79 Å². The summed E-state index contributed by atoms with van der Waals surface area (Å²) < 4.78 is 0. The monoisotopic (exact) mass is 451 g/mol. The second-order valence-corrected chi connectivity index (χ2v) is 7.82. The van der Waals surface area contributed by atoms with Crippen LogP contribution in [0, 0.1) is 5.92 Å². The number of halogens is 2. The predicted molar refractivity (Wildman–Crippen MR) is 124 cm³/mol. The molecule has 2 rings (SSSR count). The summed E-state index contributed by atoms with van der Waals surface area (Å²) in [5, 5.41) is 11.0. The summed E-state index contributed by atoms with van der Waals surface area (Å²) in [5.41, 5.74) is 5.91. The molecule has 0 spiro atoms. The van der Waals surface area contributed by atoms with Crippen LogP contribution in [0.5, 0.6) is 0 Å². The molecule has 0 saturated carbocycles. The number of carbonyl (C=O) groups excluding carboxylic acids is 1. The quantitative estimate of drug-likeness (QED) is 0.520. The van der Waals surface area contributed by atoms with Gasteiger partial charge in [0.05, 0.1) is 5.71 Å². The van der Waals surface area contributed by atoms with Gasteiger partial charge < -0.3 is 5.32 Å². The van der Waals surface area contributed by atoms with E-state index in [4.69, 9.17) is 23.2 Å². The molecule has 2 N–H and O–H groups in total. The van der Waals surface area contributed by atoms with Crippen molar-refractivity contribution >= 4 is 46.5 Å². The summed E-state index contributed by atoms with van der Waals surface area (Å²) in [6, 6.07) is 2.56. The number of hydrazine groups is 1. The van der Waals surface area contributed by atoms with E-state index in [1.165, 1.54) is 12.1 Å². The number of nitrogens with zero attached hydrogens (tertiary/aromatic N) is 5. The molecule has 30 heavy (non-hydrogen) atoms. The number of rotatable bonds is 3. The van der Waals surface area contributed by atoms with Crippen molar-refractivity contribution in [3.05, 3.63) is 46.2 Å². The topological polar surface area (TPSA) is 85.2 Å². The maximum absolute atomic E-state index is 12.6. The van der Waals surface area contributed by atoms with Crippen LogP contribution in [0.3, 0.4) is 0 Å². The van der Waals surface area contributed by atoms with Gasteiger partial charge in [0.15, 0.2) is 0 Å². The molecule has 0 bridgehead atoms. The Labute approximate surface area is 187 Å². The van der Waals surface area contributed by atoms with Crippen LogP contribution < -0.4 is 10.7 Å². The fourth-order valence-corrected chi connectivity index (χ4v) is 3.26. The molecule has 162 valence electrons. The molecule has 0 atom stereocenters. The fraction of sp³-hybridized carbons (Fsp3) is 0.400. The number of anilines is 1. The normalized spacial score (nSPS) is 16.6. The average Bonchev–Trinajstić information content (AvgIpc) is 2.69. The number of likely N-dealkylation sites (N-methyl/N-ethyl adjacent to an activating group) is 1. The van der Waals surface area contributed by atoms with Crippen molar-refractivity contribution in [2.45, 2.75) is 27.7 Å². The van der Waals surface area contributed by atoms with E-state index in [9.17, 15) is 4.79 Å². The predicted octanol–water partition coefficient (Wildman–Crippen LogP) is 4.56. The summed E-state index contributed by atoms with van der Waals surface area (Å²) in [7, 11) is 1.84. The Morgan fingerprint density at radius 2 is 1.97 bits per heavy atom. The van der Waals surface area contributed by atoms with Crippen LogP contribution in [0.25, 0.3) is 0 Å². The second-order valence-electron chi connectivity index (χ2n) is 7.05. The third kappa shape index (κ3) is 6.47. The van der Waals surface area contributed by atoms with Gasteiger partial charge >= 0.3 is 6.03 Å². The lowest BCUT2D eigenvalue weighted by atomic mass is 9.93. The number of amides is 2. The zero-order chi connectivity index (χ0) is 22.4. The highest BCUT2D eigenvalue weighted by atomic mass is 35.5. The lowest BCUT2D eigenvalue weighted by Gasteiger charge is -2.25. The molecule has 2 heterocycles. The van der Waals surface area contributed by atoms with Gasteiger partial charge in [-0.05, 0) is 49.1 Å². The van der Waals surface area contributed by atoms with Gasteiger partial charge in [0.1, 0.15) is 22.8 Å². The van der Waals surface area contributed by atoms with Crippen molar-refractivity contribution in [2.24, 2.45) is 16.0 Å². The SMILES string of the molecule is C=C1C(C)=NN(C)CN=C(N(CC)NC(=O)Nc2cc(Cl)nc(Cl)c2)/C=C\1C(C)C. The first kappa shape index (κ1) is 23.7. The van der Waals surface area contributed by atoms with E-state index in [1.807, 2.05) is 27.0 Å². The highest BCUT2D eigenvalue weighted by Gasteiger charge is 2.18. The molecule has 2 amide bonds. The van der Waals surface area contributed by atoms with Crippen molar-refractivity contribution in [1.82, 2.24) is 20.4 Å². The minimum absolute atomic E-state index is 0.187. The standard InChI is InChI=1S/C20H27Cl2N7O/c1-7-29(27-20(30)24-15-8-17(21)25-18(22)9-15)19-10-16(12(2)3)13(4)14(5)26-28(6)11-23-19/h8-10,12H,4,7,11H2,1-3,5-6H3,(H2,24,25,27,30)/b16-10-,23-19?,26-14?. The summed E-state index contributed by atoms with van der Waals surface area (Å²) in [6.07, 6.45) is 1.94. The first-order valence-electron chi connectivity index (χ1n) is 9.51. The Balaban J connectivity index is 2.28. The molecule has 1 aromatic heterocycles. The molecule has 0 aromatic carbocycles. The highest BCUT2D eigenvalue weighted by Crippen LogP contribution is 2.22. The number of aliphatic imine (C=N–C) groups is 1. The van der Waals surface area contributed by atoms with Crippen LogP contribution in [0.15, 0.2) is 46.0 Å². The van der Waals surface area contributed by atoms with Crippen LogP contribution in [0.2, 0.25) is 10.3 Å². The molecule has 1 aromatic rings. The molecule has 1 aliphatic heterocycles. The number of aromatic nitrogens is 1. The van der Waals surface area contributed by atoms with Crippen LogP contribution in [0.4, 0.5) is 10.5 Å². The lowest BCUT2D eigenvalue weighted by Crippen LogP contribution is -2.47. The van der Waals surface area contributed by atoms with Gasteiger partial charge in [-0.2, -0.15) is 5.10 Å². The van der Waals surface area contributed by atoms with Gasteiger partial charge in [-0.3, -0.25) is 10.0 Å². The first-order chi connectivity index (χ1) is 14.1. The van der Waals surface area contributed by atoms with Gasteiger partial charge in [0.25, 0.3) is 0 Å². The molecule has 0 saturated heterocycles. The molecule has 8 nitrogen and oxygen atoms in total. The van der Waals surface area contributed by atoms with Crippen LogP contribution >= 0.6 is 23.2 Å². The minimum atomic E-state index is -0.461. The van der Waals surface area contributed by atoms with Gasteiger partial charge in [-0.15, -0.1) is 0 Å². The molecular weight excluding hydrogens is 425 g/mol. The van der Waals surface area contributed by atoms with Gasteiger partial charge in [-0.25, -0.2) is 20.2 Å². The van der Waals surface area contributed by atoms with E-state index in [-0.39, 0.29) is 16.2 Å². The van der Waals surface area contributed by atoms with Crippen LogP contribution in [0.1, 0.15) is 27.7 Å². The van der Waals surface area contributed by atoms with E-state index in [1.54, 1.807) is 10.0 Å². The third-order valence-corrected chi connectivity index (χ3v) is 4.69.